The van der Waals surface area contributed by atoms with Crippen molar-refractivity contribution in [2.75, 3.05) is 0 Å². The van der Waals surface area contributed by atoms with Crippen molar-refractivity contribution in [1.29, 1.82) is 0 Å². The zero-order valence-corrected chi connectivity index (χ0v) is 20.2. The monoisotopic (exact) mass is 400 g/mol. The Bertz CT molecular complexity index is 450. The number of hydrogen-bond acceptors (Lipinski definition) is 0. The predicted molar refractivity (Wildman–Crippen MR) is 127 cm³/mol. The molecule has 0 aromatic rings. The van der Waals surface area contributed by atoms with Crippen molar-refractivity contribution >= 4 is 0 Å². The van der Waals surface area contributed by atoms with E-state index in [9.17, 15) is 0 Å². The molecular formula is C29H52. The summed E-state index contributed by atoms with van der Waals surface area (Å²) in [4.78, 5) is 0. The predicted octanol–water partition coefficient (Wildman–Crippen LogP) is 9.71. The number of hydrogen-bond donors (Lipinski definition) is 0. The van der Waals surface area contributed by atoms with Gasteiger partial charge in [0.25, 0.3) is 0 Å². The molecule has 0 N–H and O–H groups in total. The van der Waals surface area contributed by atoms with E-state index >= 15 is 0 Å². The van der Waals surface area contributed by atoms with Crippen LogP contribution in [0.15, 0.2) is 0 Å². The summed E-state index contributed by atoms with van der Waals surface area (Å²) in [6.07, 6.45) is 32.6. The van der Waals surface area contributed by atoms with E-state index in [0.717, 1.165) is 34.5 Å². The van der Waals surface area contributed by atoms with Crippen LogP contribution in [-0.2, 0) is 0 Å². The van der Waals surface area contributed by atoms with Crippen LogP contribution in [0.25, 0.3) is 0 Å². The lowest BCUT2D eigenvalue weighted by Crippen LogP contribution is -2.46. The van der Waals surface area contributed by atoms with Gasteiger partial charge in [-0.05, 0) is 118 Å². The fourth-order valence-electron chi connectivity index (χ4n) is 8.67. The highest BCUT2D eigenvalue weighted by molar-refractivity contribution is 5.03. The van der Waals surface area contributed by atoms with Crippen LogP contribution < -0.4 is 0 Å². The van der Waals surface area contributed by atoms with Crippen molar-refractivity contribution in [3.63, 3.8) is 0 Å². The molecule has 2 bridgehead atoms. The highest BCUT2D eigenvalue weighted by Crippen LogP contribution is 2.63. The third-order valence-electron chi connectivity index (χ3n) is 10.9. The first-order valence-electron chi connectivity index (χ1n) is 14.2. The molecule has 0 radical (unpaired) electrons. The Labute approximate surface area is 183 Å². The molecule has 5 fully saturated rings. The van der Waals surface area contributed by atoms with E-state index in [1.165, 1.54) is 38.5 Å². The summed E-state index contributed by atoms with van der Waals surface area (Å²) < 4.78 is 0. The van der Waals surface area contributed by atoms with Crippen LogP contribution >= 0.6 is 0 Å². The Hall–Kier alpha value is 0. The first-order chi connectivity index (χ1) is 14.2. The largest absolute Gasteiger partial charge is 0.0654 e. The van der Waals surface area contributed by atoms with Gasteiger partial charge in [-0.1, -0.05) is 65.2 Å². The highest BCUT2D eigenvalue weighted by Gasteiger charge is 2.51. The molecule has 0 heteroatoms. The third kappa shape index (κ3) is 5.09. The van der Waals surface area contributed by atoms with Crippen molar-refractivity contribution < 1.29 is 0 Å². The molecule has 0 aromatic heterocycles. The van der Waals surface area contributed by atoms with E-state index in [4.69, 9.17) is 0 Å². The molecule has 5 aliphatic carbocycles. The third-order valence-corrected chi connectivity index (χ3v) is 10.9. The minimum atomic E-state index is 0.796. The van der Waals surface area contributed by atoms with Gasteiger partial charge in [-0.3, -0.25) is 0 Å². The topological polar surface area (TPSA) is 0 Å². The Morgan fingerprint density at radius 1 is 0.586 bits per heavy atom. The van der Waals surface area contributed by atoms with Crippen LogP contribution in [0.1, 0.15) is 149 Å². The summed E-state index contributed by atoms with van der Waals surface area (Å²) in [5, 5.41) is 0. The van der Waals surface area contributed by atoms with Crippen LogP contribution in [0.5, 0.6) is 0 Å². The second-order valence-electron chi connectivity index (χ2n) is 12.4. The average molecular weight is 401 g/mol. The molecular weight excluding hydrogens is 348 g/mol. The van der Waals surface area contributed by atoms with Crippen molar-refractivity contribution in [3.8, 4) is 0 Å². The van der Waals surface area contributed by atoms with Gasteiger partial charge in [-0.25, -0.2) is 0 Å². The Balaban J connectivity index is 1.20. The number of unbranched alkanes of at least 4 members (excludes halogenated alkanes) is 3. The maximum absolute atomic E-state index is 2.38. The SMILES string of the molecule is CCCCC[C@H]1CC[C@H](C2CCC(C34CCC(CCCC)(CC3)CC4)CC2)CC1. The van der Waals surface area contributed by atoms with Gasteiger partial charge in [0, 0.05) is 0 Å². The molecule has 0 atom stereocenters. The van der Waals surface area contributed by atoms with Crippen LogP contribution in [-0.4, -0.2) is 0 Å². The van der Waals surface area contributed by atoms with Gasteiger partial charge in [0.05, 0.1) is 0 Å². The summed E-state index contributed by atoms with van der Waals surface area (Å²) in [6.45, 7) is 4.72. The molecule has 0 aliphatic heterocycles. The number of fused-ring (bicyclic) bond motifs is 3. The van der Waals surface area contributed by atoms with Gasteiger partial charge in [0.1, 0.15) is 0 Å². The zero-order valence-electron chi connectivity index (χ0n) is 20.2. The smallest absolute Gasteiger partial charge is 0.0269 e. The molecule has 0 amide bonds. The first-order valence-corrected chi connectivity index (χ1v) is 14.2. The Kier molecular flexibility index (Phi) is 7.72. The molecule has 5 rings (SSSR count). The van der Waals surface area contributed by atoms with Crippen molar-refractivity contribution in [1.82, 2.24) is 0 Å². The maximum atomic E-state index is 2.38. The quantitative estimate of drug-likeness (QED) is 0.338. The Morgan fingerprint density at radius 3 is 1.69 bits per heavy atom. The zero-order chi connectivity index (χ0) is 20.2. The van der Waals surface area contributed by atoms with Crippen LogP contribution in [0.4, 0.5) is 0 Å². The van der Waals surface area contributed by atoms with E-state index in [-0.39, 0.29) is 0 Å². The minimum absolute atomic E-state index is 0.796. The second-order valence-corrected chi connectivity index (χ2v) is 12.4. The van der Waals surface area contributed by atoms with E-state index in [1.807, 2.05) is 0 Å². The van der Waals surface area contributed by atoms with Gasteiger partial charge >= 0.3 is 0 Å². The van der Waals surface area contributed by atoms with Crippen molar-refractivity contribution in [2.45, 2.75) is 149 Å². The van der Waals surface area contributed by atoms with E-state index in [2.05, 4.69) is 13.8 Å². The molecule has 0 spiro atoms. The van der Waals surface area contributed by atoms with Gasteiger partial charge in [0.15, 0.2) is 0 Å². The molecule has 0 heterocycles. The van der Waals surface area contributed by atoms with E-state index in [0.29, 0.717) is 0 Å². The molecule has 168 valence electrons. The molecule has 0 nitrogen and oxygen atoms in total. The summed E-state index contributed by atoms with van der Waals surface area (Å²) >= 11 is 0. The van der Waals surface area contributed by atoms with Gasteiger partial charge < -0.3 is 0 Å². The van der Waals surface area contributed by atoms with Crippen LogP contribution in [0, 0.1) is 34.5 Å². The van der Waals surface area contributed by atoms with Crippen LogP contribution in [0.3, 0.4) is 0 Å². The molecule has 29 heavy (non-hydrogen) atoms. The lowest BCUT2D eigenvalue weighted by Gasteiger charge is -2.58. The van der Waals surface area contributed by atoms with Crippen LogP contribution in [0.2, 0.25) is 0 Å². The lowest BCUT2D eigenvalue weighted by atomic mass is 9.47. The fourth-order valence-corrected chi connectivity index (χ4v) is 8.67. The van der Waals surface area contributed by atoms with Crippen molar-refractivity contribution in [3.05, 3.63) is 0 Å². The minimum Gasteiger partial charge on any atom is -0.0654 e. The molecule has 5 saturated carbocycles. The number of rotatable bonds is 9. The van der Waals surface area contributed by atoms with Gasteiger partial charge in [0.2, 0.25) is 0 Å². The lowest BCUT2D eigenvalue weighted by molar-refractivity contribution is -0.0678. The van der Waals surface area contributed by atoms with Gasteiger partial charge in [-0.2, -0.15) is 0 Å². The second kappa shape index (κ2) is 10.1. The fraction of sp³-hybridized carbons (Fsp3) is 1.00. The summed E-state index contributed by atoms with van der Waals surface area (Å²) in [5.41, 5.74) is 1.60. The summed E-state index contributed by atoms with van der Waals surface area (Å²) in [6, 6.07) is 0. The maximum Gasteiger partial charge on any atom is -0.0269 e. The normalized spacial score (nSPS) is 42.8. The first kappa shape index (κ1) is 22.2. The molecule has 0 saturated heterocycles. The Morgan fingerprint density at radius 2 is 1.14 bits per heavy atom. The van der Waals surface area contributed by atoms with Gasteiger partial charge in [-0.15, -0.1) is 0 Å². The standard InChI is InChI=1S/C29H52/c1-3-5-7-8-24-9-11-25(12-10-24)26-13-15-27(16-14-26)29-21-18-28(19-22-29,20-23-29)17-6-4-2/h24-27H,3-23H2,1-2H3/t24-,25-,26?,27?,28?,29?. The highest BCUT2D eigenvalue weighted by atomic mass is 14.6. The van der Waals surface area contributed by atoms with E-state index < -0.39 is 0 Å². The average Bonchev–Trinajstić information content (AvgIpc) is 2.80. The summed E-state index contributed by atoms with van der Waals surface area (Å²) in [5.74, 6) is 4.41. The van der Waals surface area contributed by atoms with E-state index in [1.54, 1.807) is 96.3 Å². The molecule has 0 unspecified atom stereocenters. The summed E-state index contributed by atoms with van der Waals surface area (Å²) in [7, 11) is 0. The molecule has 5 aliphatic rings. The molecule has 0 aromatic carbocycles. The van der Waals surface area contributed by atoms with Crippen molar-refractivity contribution in [2.24, 2.45) is 34.5 Å².